The fraction of sp³-hybridized carbons (Fsp3) is 0.417. The Balaban J connectivity index is 2.47. The number of nitrogens with two attached hydrogens (primary N) is 1. The minimum atomic E-state index is -3.24. The summed E-state index contributed by atoms with van der Waals surface area (Å²) in [7, 11) is -3.24. The van der Waals surface area contributed by atoms with Gasteiger partial charge in [-0.15, -0.1) is 11.3 Å². The molecule has 5 nitrogen and oxygen atoms in total. The Labute approximate surface area is 117 Å². The molecule has 0 aromatic carbocycles. The van der Waals surface area contributed by atoms with Gasteiger partial charge in [0.15, 0.2) is 9.84 Å². The molecule has 0 aliphatic rings. The van der Waals surface area contributed by atoms with Crippen LogP contribution in [0.4, 0.5) is 0 Å². The molecule has 7 heteroatoms. The molecule has 19 heavy (non-hydrogen) atoms. The van der Waals surface area contributed by atoms with Crippen molar-refractivity contribution < 1.29 is 8.42 Å². The lowest BCUT2D eigenvalue weighted by molar-refractivity contribution is 0.458. The Bertz CT molecular complexity index is 671. The van der Waals surface area contributed by atoms with Crippen molar-refractivity contribution in [1.82, 2.24) is 9.78 Å². The van der Waals surface area contributed by atoms with Crippen molar-refractivity contribution >= 4 is 21.2 Å². The van der Waals surface area contributed by atoms with Crippen molar-refractivity contribution in [3.05, 3.63) is 34.3 Å². The fourth-order valence-corrected chi connectivity index (χ4v) is 3.62. The van der Waals surface area contributed by atoms with Crippen LogP contribution in [-0.4, -0.2) is 30.5 Å². The van der Waals surface area contributed by atoms with Gasteiger partial charge in [-0.05, 0) is 30.9 Å². The molecule has 0 aliphatic heterocycles. The summed E-state index contributed by atoms with van der Waals surface area (Å²) in [5.41, 5.74) is 7.19. The third-order valence-corrected chi connectivity index (χ3v) is 5.12. The van der Waals surface area contributed by atoms with E-state index in [2.05, 4.69) is 5.10 Å². The quantitative estimate of drug-likeness (QED) is 0.930. The first kappa shape index (κ1) is 14.2. The minimum absolute atomic E-state index is 0.143. The monoisotopic (exact) mass is 299 g/mol. The third kappa shape index (κ3) is 2.88. The van der Waals surface area contributed by atoms with Gasteiger partial charge in [-0.25, -0.2) is 8.42 Å². The summed E-state index contributed by atoms with van der Waals surface area (Å²) in [5, 5.41) is 6.17. The number of nitrogens with zero attached hydrogens (tertiary/aromatic N) is 2. The van der Waals surface area contributed by atoms with Gasteiger partial charge in [0.25, 0.3) is 0 Å². The van der Waals surface area contributed by atoms with Gasteiger partial charge in [0.05, 0.1) is 6.20 Å². The Morgan fingerprint density at radius 2 is 2.16 bits per heavy atom. The third-order valence-electron chi connectivity index (χ3n) is 2.96. The van der Waals surface area contributed by atoms with E-state index >= 15 is 0 Å². The van der Waals surface area contributed by atoms with E-state index in [1.54, 1.807) is 22.2 Å². The molecule has 0 radical (unpaired) electrons. The van der Waals surface area contributed by atoms with Crippen LogP contribution in [0.15, 0.2) is 28.7 Å². The largest absolute Gasteiger partial charge is 0.326 e. The second-order valence-electron chi connectivity index (χ2n) is 4.70. The minimum Gasteiger partial charge on any atom is -0.326 e. The first-order chi connectivity index (χ1) is 8.80. The van der Waals surface area contributed by atoms with Crippen molar-refractivity contribution in [2.45, 2.75) is 30.8 Å². The SMILES string of the molecule is Cc1ccsc1C(C(C)N)n1cc(S(C)(=O)=O)cn1. The summed E-state index contributed by atoms with van der Waals surface area (Å²) in [6, 6.07) is 1.72. The van der Waals surface area contributed by atoms with Crippen LogP contribution in [0.1, 0.15) is 23.4 Å². The van der Waals surface area contributed by atoms with E-state index in [9.17, 15) is 8.42 Å². The van der Waals surface area contributed by atoms with Crippen LogP contribution < -0.4 is 5.73 Å². The zero-order valence-electron chi connectivity index (χ0n) is 11.1. The molecule has 2 N–H and O–H groups in total. The lowest BCUT2D eigenvalue weighted by Gasteiger charge is -2.21. The van der Waals surface area contributed by atoms with Gasteiger partial charge in [0, 0.05) is 23.4 Å². The topological polar surface area (TPSA) is 78.0 Å². The van der Waals surface area contributed by atoms with Crippen molar-refractivity contribution in [3.63, 3.8) is 0 Å². The number of aromatic nitrogens is 2. The molecule has 2 rings (SSSR count). The highest BCUT2D eigenvalue weighted by Crippen LogP contribution is 2.29. The summed E-state index contributed by atoms with van der Waals surface area (Å²) in [6.07, 6.45) is 4.09. The van der Waals surface area contributed by atoms with Crippen LogP contribution in [0.3, 0.4) is 0 Å². The van der Waals surface area contributed by atoms with E-state index in [1.165, 1.54) is 12.5 Å². The van der Waals surface area contributed by atoms with E-state index in [4.69, 9.17) is 5.73 Å². The summed E-state index contributed by atoms with van der Waals surface area (Å²) < 4.78 is 24.7. The molecule has 0 saturated carbocycles. The van der Waals surface area contributed by atoms with Gasteiger partial charge in [-0.2, -0.15) is 5.10 Å². The predicted molar refractivity (Wildman–Crippen MR) is 76.2 cm³/mol. The van der Waals surface area contributed by atoms with Crippen LogP contribution in [0.25, 0.3) is 0 Å². The standard InChI is InChI=1S/C12H17N3O2S2/c1-8-4-5-18-12(8)11(9(2)13)15-7-10(6-14-15)19(3,16)17/h4-7,9,11H,13H2,1-3H3. The molecule has 0 bridgehead atoms. The lowest BCUT2D eigenvalue weighted by Crippen LogP contribution is -2.30. The highest BCUT2D eigenvalue weighted by Gasteiger charge is 2.23. The molecule has 2 unspecified atom stereocenters. The fourth-order valence-electron chi connectivity index (χ4n) is 1.95. The average molecular weight is 299 g/mol. The van der Waals surface area contributed by atoms with Gasteiger partial charge in [-0.1, -0.05) is 0 Å². The number of rotatable bonds is 4. The molecule has 2 aromatic rings. The van der Waals surface area contributed by atoms with Gasteiger partial charge in [-0.3, -0.25) is 4.68 Å². The molecular weight excluding hydrogens is 282 g/mol. The maximum atomic E-state index is 11.5. The first-order valence-corrected chi connectivity index (χ1v) is 8.61. The normalized spacial score (nSPS) is 15.4. The predicted octanol–water partition coefficient (Wildman–Crippen LogP) is 1.59. The molecule has 0 spiro atoms. The molecule has 0 amide bonds. The van der Waals surface area contributed by atoms with Gasteiger partial charge in [0.1, 0.15) is 10.9 Å². The van der Waals surface area contributed by atoms with E-state index in [1.807, 2.05) is 25.3 Å². The first-order valence-electron chi connectivity index (χ1n) is 5.84. The molecule has 104 valence electrons. The summed E-state index contributed by atoms with van der Waals surface area (Å²) >= 11 is 1.61. The second-order valence-corrected chi connectivity index (χ2v) is 7.66. The van der Waals surface area contributed by atoms with Crippen molar-refractivity contribution in [2.24, 2.45) is 5.73 Å². The van der Waals surface area contributed by atoms with Gasteiger partial charge < -0.3 is 5.73 Å². The highest BCUT2D eigenvalue weighted by molar-refractivity contribution is 7.90. The van der Waals surface area contributed by atoms with E-state index in [-0.39, 0.29) is 17.0 Å². The van der Waals surface area contributed by atoms with Crippen LogP contribution >= 0.6 is 11.3 Å². The number of aryl methyl sites for hydroxylation is 1. The Morgan fingerprint density at radius 3 is 2.58 bits per heavy atom. The molecule has 2 aromatic heterocycles. The summed E-state index contributed by atoms with van der Waals surface area (Å²) in [4.78, 5) is 1.32. The van der Waals surface area contributed by atoms with Gasteiger partial charge in [0.2, 0.25) is 0 Å². The van der Waals surface area contributed by atoms with E-state index in [0.717, 1.165) is 10.4 Å². The lowest BCUT2D eigenvalue weighted by atomic mass is 10.1. The molecule has 0 saturated heterocycles. The molecule has 0 fully saturated rings. The van der Waals surface area contributed by atoms with Crippen LogP contribution in [0, 0.1) is 6.92 Å². The molecule has 2 atom stereocenters. The van der Waals surface area contributed by atoms with E-state index < -0.39 is 9.84 Å². The van der Waals surface area contributed by atoms with Crippen LogP contribution in [-0.2, 0) is 9.84 Å². The smallest absolute Gasteiger partial charge is 0.178 e. The Morgan fingerprint density at radius 1 is 1.47 bits per heavy atom. The highest BCUT2D eigenvalue weighted by atomic mass is 32.2. The number of hydrogen-bond donors (Lipinski definition) is 1. The second kappa shape index (κ2) is 5.07. The van der Waals surface area contributed by atoms with Crippen LogP contribution in [0.2, 0.25) is 0 Å². The molecule has 0 aliphatic carbocycles. The van der Waals surface area contributed by atoms with Crippen molar-refractivity contribution in [1.29, 1.82) is 0 Å². The molecule has 2 heterocycles. The maximum absolute atomic E-state index is 11.5. The average Bonchev–Trinajstić information content (AvgIpc) is 2.88. The maximum Gasteiger partial charge on any atom is 0.178 e. The number of thiophene rings is 1. The van der Waals surface area contributed by atoms with Crippen LogP contribution in [0.5, 0.6) is 0 Å². The van der Waals surface area contributed by atoms with Crippen molar-refractivity contribution in [2.75, 3.05) is 6.26 Å². The Hall–Kier alpha value is -1.18. The summed E-state index contributed by atoms with van der Waals surface area (Å²) in [6.45, 7) is 3.91. The zero-order valence-corrected chi connectivity index (χ0v) is 12.7. The van der Waals surface area contributed by atoms with E-state index in [0.29, 0.717) is 0 Å². The Kier molecular flexibility index (Phi) is 3.80. The zero-order chi connectivity index (χ0) is 14.2. The molecular formula is C12H17N3O2S2. The number of sulfone groups is 1. The summed E-state index contributed by atoms with van der Waals surface area (Å²) in [5.74, 6) is 0. The van der Waals surface area contributed by atoms with Gasteiger partial charge >= 0.3 is 0 Å². The number of hydrogen-bond acceptors (Lipinski definition) is 5. The van der Waals surface area contributed by atoms with Crippen molar-refractivity contribution in [3.8, 4) is 0 Å².